The lowest BCUT2D eigenvalue weighted by atomic mass is 10.1. The average Bonchev–Trinajstić information content (AvgIpc) is 2.72. The number of aromatic nitrogens is 1. The molecule has 1 aromatic heterocycles. The van der Waals surface area contributed by atoms with Crippen LogP contribution in [0.5, 0.6) is 0 Å². The summed E-state index contributed by atoms with van der Waals surface area (Å²) in [6.07, 6.45) is 0. The summed E-state index contributed by atoms with van der Waals surface area (Å²) in [5.74, 6) is 0.698. The molecule has 0 saturated carbocycles. The lowest BCUT2D eigenvalue weighted by Gasteiger charge is -1.98. The standard InChI is InChI=1S/C15H13NO/c1-10-7-8-13-14(9-10)17-15(16-13)12-6-4-3-5-11(12)2/h3-9H,1-2H3. The Bertz CT molecular complexity index is 682. The fourth-order valence-corrected chi connectivity index (χ4v) is 1.96. The summed E-state index contributed by atoms with van der Waals surface area (Å²) in [5, 5.41) is 0. The molecular weight excluding hydrogens is 210 g/mol. The quantitative estimate of drug-likeness (QED) is 0.620. The molecule has 17 heavy (non-hydrogen) atoms. The van der Waals surface area contributed by atoms with Crippen LogP contribution >= 0.6 is 0 Å². The maximum atomic E-state index is 5.80. The highest BCUT2D eigenvalue weighted by Gasteiger charge is 2.09. The highest BCUT2D eigenvalue weighted by Crippen LogP contribution is 2.26. The summed E-state index contributed by atoms with van der Waals surface area (Å²) in [7, 11) is 0. The van der Waals surface area contributed by atoms with E-state index in [0.717, 1.165) is 16.7 Å². The highest BCUT2D eigenvalue weighted by molar-refractivity contribution is 5.77. The molecule has 2 nitrogen and oxygen atoms in total. The van der Waals surface area contributed by atoms with E-state index < -0.39 is 0 Å². The third-order valence-electron chi connectivity index (χ3n) is 2.92. The van der Waals surface area contributed by atoms with Crippen molar-refractivity contribution in [2.45, 2.75) is 13.8 Å². The van der Waals surface area contributed by atoms with Crippen molar-refractivity contribution >= 4 is 11.1 Å². The van der Waals surface area contributed by atoms with Gasteiger partial charge in [0.15, 0.2) is 5.58 Å². The Labute approximate surface area is 99.9 Å². The number of oxazole rings is 1. The first kappa shape index (κ1) is 10.1. The average molecular weight is 223 g/mol. The molecule has 0 amide bonds. The second-order valence-electron chi connectivity index (χ2n) is 4.31. The van der Waals surface area contributed by atoms with Crippen molar-refractivity contribution in [2.75, 3.05) is 0 Å². The second kappa shape index (κ2) is 3.74. The van der Waals surface area contributed by atoms with Crippen molar-refractivity contribution in [3.05, 3.63) is 53.6 Å². The molecule has 3 aromatic rings. The summed E-state index contributed by atoms with van der Waals surface area (Å²) < 4.78 is 5.80. The minimum absolute atomic E-state index is 0.698. The van der Waals surface area contributed by atoms with Gasteiger partial charge in [0.1, 0.15) is 5.52 Å². The normalized spacial score (nSPS) is 10.9. The van der Waals surface area contributed by atoms with Gasteiger partial charge >= 0.3 is 0 Å². The molecule has 0 bridgehead atoms. The van der Waals surface area contributed by atoms with Crippen LogP contribution in [0.3, 0.4) is 0 Å². The van der Waals surface area contributed by atoms with Gasteiger partial charge in [0.2, 0.25) is 5.89 Å². The van der Waals surface area contributed by atoms with Crippen LogP contribution < -0.4 is 0 Å². The van der Waals surface area contributed by atoms with Gasteiger partial charge in [-0.15, -0.1) is 0 Å². The fourth-order valence-electron chi connectivity index (χ4n) is 1.96. The highest BCUT2D eigenvalue weighted by atomic mass is 16.3. The minimum atomic E-state index is 0.698. The monoisotopic (exact) mass is 223 g/mol. The van der Waals surface area contributed by atoms with E-state index in [9.17, 15) is 0 Å². The first-order valence-electron chi connectivity index (χ1n) is 5.67. The van der Waals surface area contributed by atoms with Gasteiger partial charge in [0.05, 0.1) is 0 Å². The Morgan fingerprint density at radius 3 is 2.65 bits per heavy atom. The number of hydrogen-bond donors (Lipinski definition) is 0. The SMILES string of the molecule is Cc1ccc2nc(-c3ccccc3C)oc2c1. The molecule has 0 radical (unpaired) electrons. The zero-order chi connectivity index (χ0) is 11.8. The number of benzene rings is 2. The third-order valence-corrected chi connectivity index (χ3v) is 2.92. The van der Waals surface area contributed by atoms with Crippen molar-refractivity contribution in [3.8, 4) is 11.5 Å². The number of fused-ring (bicyclic) bond motifs is 1. The van der Waals surface area contributed by atoms with Crippen LogP contribution in [0.25, 0.3) is 22.6 Å². The summed E-state index contributed by atoms with van der Waals surface area (Å²) in [4.78, 5) is 4.52. The van der Waals surface area contributed by atoms with Gasteiger partial charge in [-0.25, -0.2) is 4.98 Å². The van der Waals surface area contributed by atoms with Gasteiger partial charge in [-0.2, -0.15) is 0 Å². The molecule has 84 valence electrons. The van der Waals surface area contributed by atoms with Crippen LogP contribution in [0.2, 0.25) is 0 Å². The maximum absolute atomic E-state index is 5.80. The smallest absolute Gasteiger partial charge is 0.227 e. The number of aryl methyl sites for hydroxylation is 2. The van der Waals surface area contributed by atoms with Crippen molar-refractivity contribution in [2.24, 2.45) is 0 Å². The Kier molecular flexibility index (Phi) is 2.22. The van der Waals surface area contributed by atoms with Gasteiger partial charge in [-0.05, 0) is 43.2 Å². The van der Waals surface area contributed by atoms with Crippen LogP contribution in [-0.2, 0) is 0 Å². The zero-order valence-corrected chi connectivity index (χ0v) is 9.90. The molecule has 0 atom stereocenters. The molecule has 0 aliphatic carbocycles. The molecule has 0 N–H and O–H groups in total. The largest absolute Gasteiger partial charge is 0.436 e. The molecule has 2 heteroatoms. The van der Waals surface area contributed by atoms with E-state index in [2.05, 4.69) is 24.9 Å². The molecule has 0 saturated heterocycles. The van der Waals surface area contributed by atoms with Crippen LogP contribution in [0.15, 0.2) is 46.9 Å². The summed E-state index contributed by atoms with van der Waals surface area (Å²) in [6, 6.07) is 14.2. The molecule has 0 aliphatic heterocycles. The van der Waals surface area contributed by atoms with Crippen LogP contribution in [0.1, 0.15) is 11.1 Å². The minimum Gasteiger partial charge on any atom is -0.436 e. The topological polar surface area (TPSA) is 26.0 Å². The molecule has 1 heterocycles. The molecule has 0 unspecified atom stereocenters. The van der Waals surface area contributed by atoms with Crippen molar-refractivity contribution in [1.82, 2.24) is 4.98 Å². The molecular formula is C15H13NO. The Morgan fingerprint density at radius 1 is 1.00 bits per heavy atom. The van der Waals surface area contributed by atoms with E-state index in [-0.39, 0.29) is 0 Å². The molecule has 2 aromatic carbocycles. The van der Waals surface area contributed by atoms with Crippen LogP contribution in [0.4, 0.5) is 0 Å². The van der Waals surface area contributed by atoms with Gasteiger partial charge in [0.25, 0.3) is 0 Å². The van der Waals surface area contributed by atoms with Gasteiger partial charge in [-0.1, -0.05) is 24.3 Å². The maximum Gasteiger partial charge on any atom is 0.227 e. The van der Waals surface area contributed by atoms with E-state index in [0.29, 0.717) is 5.89 Å². The lowest BCUT2D eigenvalue weighted by molar-refractivity contribution is 0.619. The van der Waals surface area contributed by atoms with Gasteiger partial charge in [-0.3, -0.25) is 0 Å². The number of nitrogens with zero attached hydrogens (tertiary/aromatic N) is 1. The van der Waals surface area contributed by atoms with Gasteiger partial charge < -0.3 is 4.42 Å². The molecule has 3 rings (SSSR count). The van der Waals surface area contributed by atoms with Crippen molar-refractivity contribution < 1.29 is 4.42 Å². The van der Waals surface area contributed by atoms with E-state index in [4.69, 9.17) is 4.42 Å². The molecule has 0 spiro atoms. The van der Waals surface area contributed by atoms with E-state index in [1.165, 1.54) is 11.1 Å². The summed E-state index contributed by atoms with van der Waals surface area (Å²) in [6.45, 7) is 4.12. The molecule has 0 aliphatic rings. The second-order valence-corrected chi connectivity index (χ2v) is 4.31. The van der Waals surface area contributed by atoms with E-state index in [1.807, 2.05) is 36.4 Å². The lowest BCUT2D eigenvalue weighted by Crippen LogP contribution is -1.81. The van der Waals surface area contributed by atoms with Crippen molar-refractivity contribution in [3.63, 3.8) is 0 Å². The first-order valence-corrected chi connectivity index (χ1v) is 5.67. The van der Waals surface area contributed by atoms with Crippen LogP contribution in [-0.4, -0.2) is 4.98 Å². The van der Waals surface area contributed by atoms with Crippen molar-refractivity contribution in [1.29, 1.82) is 0 Å². The Morgan fingerprint density at radius 2 is 1.82 bits per heavy atom. The number of hydrogen-bond acceptors (Lipinski definition) is 2. The first-order chi connectivity index (χ1) is 8.24. The fraction of sp³-hybridized carbons (Fsp3) is 0.133. The predicted molar refractivity (Wildman–Crippen MR) is 68.9 cm³/mol. The van der Waals surface area contributed by atoms with E-state index >= 15 is 0 Å². The summed E-state index contributed by atoms with van der Waals surface area (Å²) >= 11 is 0. The zero-order valence-electron chi connectivity index (χ0n) is 9.90. The molecule has 0 fully saturated rings. The third kappa shape index (κ3) is 1.72. The van der Waals surface area contributed by atoms with Crippen LogP contribution in [0, 0.1) is 13.8 Å². The van der Waals surface area contributed by atoms with Gasteiger partial charge in [0, 0.05) is 5.56 Å². The summed E-state index contributed by atoms with van der Waals surface area (Å²) in [5.41, 5.74) is 5.18. The predicted octanol–water partition coefficient (Wildman–Crippen LogP) is 4.11. The van der Waals surface area contributed by atoms with E-state index in [1.54, 1.807) is 0 Å². The Hall–Kier alpha value is -2.09. The number of rotatable bonds is 1. The Balaban J connectivity index is 2.22.